The number of carbonyl (C=O) groups excluding carboxylic acids is 1. The maximum absolute atomic E-state index is 13.5. The molecule has 34 heavy (non-hydrogen) atoms. The van der Waals surface area contributed by atoms with Crippen molar-refractivity contribution in [2.24, 2.45) is 0 Å². The molecule has 0 aliphatic carbocycles. The molecule has 5 nitrogen and oxygen atoms in total. The molecule has 2 aromatic heterocycles. The summed E-state index contributed by atoms with van der Waals surface area (Å²) in [6, 6.07) is 17.1. The zero-order valence-corrected chi connectivity index (χ0v) is 21.9. The van der Waals surface area contributed by atoms with Gasteiger partial charge in [-0.1, -0.05) is 61.0 Å². The minimum Gasteiger partial charge on any atom is -0.457 e. The molecule has 0 bridgehead atoms. The summed E-state index contributed by atoms with van der Waals surface area (Å²) in [4.78, 5) is 18.0. The summed E-state index contributed by atoms with van der Waals surface area (Å²) in [7, 11) is -1.20. The Balaban J connectivity index is 1.61. The first kappa shape index (κ1) is 24.5. The standard InChI is InChI=1S/C26H26Cl2N2O3Si/c1-34(2,3)14-13-32-17-30-16-21(24-22(27)11-12-29-26(24)30)25(31)20-10-9-19(15-23(20)28)33-18-7-5-4-6-8-18/h4-12,15-16H,13-14,17H2,1-3H3. The highest BCUT2D eigenvalue weighted by Gasteiger charge is 2.22. The Morgan fingerprint density at radius 3 is 2.44 bits per heavy atom. The monoisotopic (exact) mass is 512 g/mol. The summed E-state index contributed by atoms with van der Waals surface area (Å²) in [6.45, 7) is 7.87. The fourth-order valence-electron chi connectivity index (χ4n) is 3.50. The van der Waals surface area contributed by atoms with E-state index in [1.165, 1.54) is 0 Å². The van der Waals surface area contributed by atoms with Gasteiger partial charge in [0.15, 0.2) is 5.78 Å². The lowest BCUT2D eigenvalue weighted by molar-refractivity contribution is 0.0896. The molecule has 0 N–H and O–H groups in total. The quantitative estimate of drug-likeness (QED) is 0.131. The third-order valence-electron chi connectivity index (χ3n) is 5.34. The number of rotatable bonds is 9. The van der Waals surface area contributed by atoms with Crippen LogP contribution in [-0.4, -0.2) is 30.0 Å². The molecule has 0 aliphatic rings. The van der Waals surface area contributed by atoms with Crippen molar-refractivity contribution >= 4 is 48.1 Å². The zero-order chi connectivity index (χ0) is 24.3. The molecule has 4 aromatic rings. The second-order valence-corrected chi connectivity index (χ2v) is 15.7. The van der Waals surface area contributed by atoms with E-state index >= 15 is 0 Å². The number of pyridine rings is 1. The Morgan fingerprint density at radius 1 is 0.971 bits per heavy atom. The summed E-state index contributed by atoms with van der Waals surface area (Å²) in [6.07, 6.45) is 3.37. The fraction of sp³-hybridized carbons (Fsp3) is 0.231. The van der Waals surface area contributed by atoms with Crippen LogP contribution in [0.25, 0.3) is 11.0 Å². The molecular weight excluding hydrogens is 487 g/mol. The average Bonchev–Trinajstić information content (AvgIpc) is 3.16. The van der Waals surface area contributed by atoms with E-state index in [0.717, 1.165) is 6.04 Å². The van der Waals surface area contributed by atoms with Gasteiger partial charge in [-0.15, -0.1) is 0 Å². The van der Waals surface area contributed by atoms with Gasteiger partial charge in [0.1, 0.15) is 23.9 Å². The topological polar surface area (TPSA) is 53.4 Å². The molecule has 0 spiro atoms. The molecule has 2 aromatic carbocycles. The fourth-order valence-corrected chi connectivity index (χ4v) is 4.76. The highest BCUT2D eigenvalue weighted by Crippen LogP contribution is 2.32. The number of ketones is 1. The Kier molecular flexibility index (Phi) is 7.43. The van der Waals surface area contributed by atoms with Crippen LogP contribution in [0.5, 0.6) is 11.5 Å². The van der Waals surface area contributed by atoms with Crippen LogP contribution in [0.1, 0.15) is 15.9 Å². The minimum absolute atomic E-state index is 0.239. The van der Waals surface area contributed by atoms with Crippen LogP contribution in [-0.2, 0) is 11.5 Å². The van der Waals surface area contributed by atoms with E-state index in [4.69, 9.17) is 32.7 Å². The van der Waals surface area contributed by atoms with E-state index in [1.807, 2.05) is 34.9 Å². The van der Waals surface area contributed by atoms with Gasteiger partial charge in [0.05, 0.1) is 15.6 Å². The second-order valence-electron chi connectivity index (χ2n) is 9.24. The van der Waals surface area contributed by atoms with Crippen LogP contribution in [0.4, 0.5) is 0 Å². The van der Waals surface area contributed by atoms with Crippen molar-refractivity contribution in [1.29, 1.82) is 0 Å². The first-order valence-electron chi connectivity index (χ1n) is 11.0. The van der Waals surface area contributed by atoms with Gasteiger partial charge < -0.3 is 14.0 Å². The molecule has 4 rings (SSSR count). The maximum atomic E-state index is 13.5. The van der Waals surface area contributed by atoms with E-state index in [-0.39, 0.29) is 5.78 Å². The molecule has 0 unspecified atom stereocenters. The lowest BCUT2D eigenvalue weighted by Crippen LogP contribution is -2.22. The number of ether oxygens (including phenoxy) is 2. The van der Waals surface area contributed by atoms with Crippen LogP contribution in [0.2, 0.25) is 35.7 Å². The second kappa shape index (κ2) is 10.3. The van der Waals surface area contributed by atoms with E-state index < -0.39 is 8.07 Å². The highest BCUT2D eigenvalue weighted by atomic mass is 35.5. The number of hydrogen-bond donors (Lipinski definition) is 0. The maximum Gasteiger partial charge on any atom is 0.196 e. The molecule has 0 atom stereocenters. The minimum atomic E-state index is -1.20. The molecule has 176 valence electrons. The molecule has 0 saturated heterocycles. The van der Waals surface area contributed by atoms with Crippen molar-refractivity contribution in [2.75, 3.05) is 6.61 Å². The van der Waals surface area contributed by atoms with Crippen molar-refractivity contribution in [3.05, 3.63) is 88.2 Å². The Morgan fingerprint density at radius 2 is 1.74 bits per heavy atom. The average molecular weight is 513 g/mol. The number of fused-ring (bicyclic) bond motifs is 1. The summed E-state index contributed by atoms with van der Waals surface area (Å²) < 4.78 is 13.5. The summed E-state index contributed by atoms with van der Waals surface area (Å²) in [5.74, 6) is 0.996. The van der Waals surface area contributed by atoms with Crippen molar-refractivity contribution in [2.45, 2.75) is 32.4 Å². The lowest BCUT2D eigenvalue weighted by atomic mass is 10.0. The number of halogens is 2. The molecule has 8 heteroatoms. The van der Waals surface area contributed by atoms with Crippen LogP contribution < -0.4 is 4.74 Å². The zero-order valence-electron chi connectivity index (χ0n) is 19.3. The molecular formula is C26H26Cl2N2O3Si. The van der Waals surface area contributed by atoms with Gasteiger partial charge in [-0.05, 0) is 36.4 Å². The van der Waals surface area contributed by atoms with Gasteiger partial charge in [-0.3, -0.25) is 4.79 Å². The largest absolute Gasteiger partial charge is 0.457 e. The number of carbonyl (C=O) groups is 1. The summed E-state index contributed by atoms with van der Waals surface area (Å²) in [5, 5.41) is 1.34. The molecule has 0 radical (unpaired) electrons. The van der Waals surface area contributed by atoms with Gasteiger partial charge in [-0.2, -0.15) is 0 Å². The number of benzene rings is 2. The van der Waals surface area contributed by atoms with Crippen molar-refractivity contribution in [3.8, 4) is 11.5 Å². The van der Waals surface area contributed by atoms with E-state index in [2.05, 4.69) is 24.6 Å². The van der Waals surface area contributed by atoms with Crippen molar-refractivity contribution < 1.29 is 14.3 Å². The normalized spacial score (nSPS) is 11.7. The van der Waals surface area contributed by atoms with E-state index in [1.54, 1.807) is 36.7 Å². The number of hydrogen-bond acceptors (Lipinski definition) is 4. The molecule has 0 saturated carbocycles. The predicted molar refractivity (Wildman–Crippen MR) is 140 cm³/mol. The van der Waals surface area contributed by atoms with E-state index in [9.17, 15) is 4.79 Å². The molecule has 0 aliphatic heterocycles. The first-order valence-corrected chi connectivity index (χ1v) is 15.5. The van der Waals surface area contributed by atoms with Crippen molar-refractivity contribution in [1.82, 2.24) is 9.55 Å². The van der Waals surface area contributed by atoms with Gasteiger partial charge in [-0.25, -0.2) is 4.98 Å². The third-order valence-corrected chi connectivity index (χ3v) is 7.67. The number of para-hydroxylation sites is 1. The molecule has 0 amide bonds. The van der Waals surface area contributed by atoms with Crippen LogP contribution in [0, 0.1) is 0 Å². The lowest BCUT2D eigenvalue weighted by Gasteiger charge is -2.15. The SMILES string of the molecule is C[Si](C)(C)CCOCn1cc(C(=O)c2ccc(Oc3ccccc3)cc2Cl)c2c(Cl)ccnc21. The first-order chi connectivity index (χ1) is 16.2. The van der Waals surface area contributed by atoms with Gasteiger partial charge in [0, 0.05) is 44.1 Å². The van der Waals surface area contributed by atoms with Crippen LogP contribution in [0.15, 0.2) is 67.0 Å². The van der Waals surface area contributed by atoms with Gasteiger partial charge in [0.25, 0.3) is 0 Å². The molecule has 2 heterocycles. The Labute approximate surface area is 210 Å². The molecule has 0 fully saturated rings. The van der Waals surface area contributed by atoms with Gasteiger partial charge >= 0.3 is 0 Å². The number of nitrogens with zero attached hydrogens (tertiary/aromatic N) is 2. The van der Waals surface area contributed by atoms with Gasteiger partial charge in [0.2, 0.25) is 0 Å². The highest BCUT2D eigenvalue weighted by molar-refractivity contribution is 6.76. The summed E-state index contributed by atoms with van der Waals surface area (Å²) >= 11 is 13.0. The van der Waals surface area contributed by atoms with Crippen LogP contribution in [0.3, 0.4) is 0 Å². The summed E-state index contributed by atoms with van der Waals surface area (Å²) in [5.41, 5.74) is 1.39. The number of aromatic nitrogens is 2. The Bertz CT molecular complexity index is 1320. The van der Waals surface area contributed by atoms with Crippen molar-refractivity contribution in [3.63, 3.8) is 0 Å². The smallest absolute Gasteiger partial charge is 0.196 e. The Hall–Kier alpha value is -2.64. The third kappa shape index (κ3) is 5.70. The van der Waals surface area contributed by atoms with Crippen LogP contribution >= 0.6 is 23.2 Å². The predicted octanol–water partition coefficient (Wildman–Crippen LogP) is 7.68. The van der Waals surface area contributed by atoms with E-state index in [0.29, 0.717) is 57.0 Å².